The number of benzene rings is 1. The Bertz CT molecular complexity index is 669. The van der Waals surface area contributed by atoms with E-state index >= 15 is 0 Å². The summed E-state index contributed by atoms with van der Waals surface area (Å²) < 4.78 is 0. The number of aryl methyl sites for hydroxylation is 1. The molecule has 0 spiro atoms. The maximum atomic E-state index is 12.0. The molecule has 0 aliphatic carbocycles. The Morgan fingerprint density at radius 1 is 1.45 bits per heavy atom. The molecule has 2 N–H and O–H groups in total. The Kier molecular flexibility index (Phi) is 4.36. The molecule has 20 heavy (non-hydrogen) atoms. The highest BCUT2D eigenvalue weighted by Gasteiger charge is 2.11. The van der Waals surface area contributed by atoms with Crippen molar-refractivity contribution < 1.29 is 14.7 Å². The molecule has 1 amide bonds. The van der Waals surface area contributed by atoms with Crippen LogP contribution in [0.3, 0.4) is 0 Å². The molecule has 0 aliphatic rings. The molecule has 2 rings (SSSR count). The zero-order valence-corrected chi connectivity index (χ0v) is 12.1. The van der Waals surface area contributed by atoms with Crippen LogP contribution in [0.25, 0.3) is 0 Å². The zero-order chi connectivity index (χ0) is 14.7. The second-order valence-electron chi connectivity index (χ2n) is 4.13. The summed E-state index contributed by atoms with van der Waals surface area (Å²) in [5.74, 6) is -1.29. The molecule has 2 aromatic rings. The van der Waals surface area contributed by atoms with E-state index in [-0.39, 0.29) is 12.3 Å². The van der Waals surface area contributed by atoms with Gasteiger partial charge in [0.1, 0.15) is 0 Å². The molecule has 0 unspecified atom stereocenters. The molecular weight excluding hydrogens is 300 g/mol. The molecule has 1 aromatic carbocycles. The van der Waals surface area contributed by atoms with Gasteiger partial charge in [0.25, 0.3) is 5.91 Å². The van der Waals surface area contributed by atoms with Gasteiger partial charge in [0.05, 0.1) is 12.1 Å². The smallest absolute Gasteiger partial charge is 0.309 e. The molecule has 1 heterocycles. The van der Waals surface area contributed by atoms with Gasteiger partial charge < -0.3 is 5.11 Å². The highest BCUT2D eigenvalue weighted by molar-refractivity contribution is 7.14. The van der Waals surface area contributed by atoms with Crippen molar-refractivity contribution in [3.05, 3.63) is 45.4 Å². The maximum absolute atomic E-state index is 12.0. The summed E-state index contributed by atoms with van der Waals surface area (Å²) in [6.07, 6.45) is -0.164. The first-order valence-corrected chi connectivity index (χ1v) is 6.95. The average Bonchev–Trinajstić information content (AvgIpc) is 2.79. The molecule has 0 saturated carbocycles. The van der Waals surface area contributed by atoms with E-state index < -0.39 is 5.97 Å². The molecule has 0 aliphatic heterocycles. The minimum absolute atomic E-state index is 0.164. The number of rotatable bonds is 4. The number of carbonyl (C=O) groups excluding carboxylic acids is 1. The van der Waals surface area contributed by atoms with Crippen LogP contribution in [0, 0.1) is 6.92 Å². The number of carbonyl (C=O) groups is 2. The van der Waals surface area contributed by atoms with Gasteiger partial charge in [0, 0.05) is 16.0 Å². The third-order valence-corrected chi connectivity index (χ3v) is 3.75. The minimum Gasteiger partial charge on any atom is -0.481 e. The van der Waals surface area contributed by atoms with Gasteiger partial charge in [-0.2, -0.15) is 0 Å². The Labute approximate surface area is 124 Å². The van der Waals surface area contributed by atoms with Crippen molar-refractivity contribution >= 4 is 39.9 Å². The highest BCUT2D eigenvalue weighted by Crippen LogP contribution is 2.20. The zero-order valence-electron chi connectivity index (χ0n) is 10.5. The van der Waals surface area contributed by atoms with Gasteiger partial charge in [0.15, 0.2) is 5.13 Å². The van der Waals surface area contributed by atoms with Crippen LogP contribution in [0.15, 0.2) is 23.6 Å². The van der Waals surface area contributed by atoms with Gasteiger partial charge in [-0.25, -0.2) is 4.98 Å². The van der Waals surface area contributed by atoms with Crippen molar-refractivity contribution in [2.24, 2.45) is 0 Å². The number of hydrogen-bond donors (Lipinski definition) is 2. The number of aromatic nitrogens is 1. The Hall–Kier alpha value is -1.92. The van der Waals surface area contributed by atoms with E-state index in [1.54, 1.807) is 23.6 Å². The summed E-state index contributed by atoms with van der Waals surface area (Å²) in [6.45, 7) is 1.85. The normalized spacial score (nSPS) is 10.3. The second-order valence-corrected chi connectivity index (χ2v) is 5.40. The number of carboxylic acids is 1. The van der Waals surface area contributed by atoms with Crippen LogP contribution < -0.4 is 5.32 Å². The van der Waals surface area contributed by atoms with Crippen molar-refractivity contribution in [1.82, 2.24) is 4.98 Å². The van der Waals surface area contributed by atoms with Crippen LogP contribution in [-0.4, -0.2) is 22.0 Å². The lowest BCUT2D eigenvalue weighted by Gasteiger charge is -2.03. The average molecular weight is 311 g/mol. The molecule has 0 fully saturated rings. The van der Waals surface area contributed by atoms with Crippen LogP contribution in [-0.2, 0) is 11.2 Å². The van der Waals surface area contributed by atoms with Crippen molar-refractivity contribution in [3.8, 4) is 0 Å². The summed E-state index contributed by atoms with van der Waals surface area (Å²) in [5.41, 5.74) is 1.73. The SMILES string of the molecule is Cc1ccc(C(=O)Nc2nc(CC(=O)O)cs2)cc1Cl. The first-order valence-electron chi connectivity index (χ1n) is 5.69. The number of nitrogens with one attached hydrogen (secondary N) is 1. The van der Waals surface area contributed by atoms with E-state index in [1.807, 2.05) is 6.92 Å². The van der Waals surface area contributed by atoms with Crippen molar-refractivity contribution in [2.45, 2.75) is 13.3 Å². The molecule has 0 atom stereocenters. The lowest BCUT2D eigenvalue weighted by Crippen LogP contribution is -2.12. The minimum atomic E-state index is -0.960. The molecule has 0 bridgehead atoms. The maximum Gasteiger partial charge on any atom is 0.309 e. The second kappa shape index (κ2) is 6.02. The van der Waals surface area contributed by atoms with E-state index in [4.69, 9.17) is 16.7 Å². The summed E-state index contributed by atoms with van der Waals surface area (Å²) in [7, 11) is 0. The van der Waals surface area contributed by atoms with Crippen molar-refractivity contribution in [2.75, 3.05) is 5.32 Å². The number of nitrogens with zero attached hydrogens (tertiary/aromatic N) is 1. The largest absolute Gasteiger partial charge is 0.481 e. The number of halogens is 1. The van der Waals surface area contributed by atoms with Gasteiger partial charge in [-0.1, -0.05) is 17.7 Å². The summed E-state index contributed by atoms with van der Waals surface area (Å²) in [4.78, 5) is 26.6. The predicted octanol–water partition coefficient (Wildman–Crippen LogP) is 2.98. The van der Waals surface area contributed by atoms with Gasteiger partial charge in [0.2, 0.25) is 0 Å². The van der Waals surface area contributed by atoms with Crippen LogP contribution in [0.4, 0.5) is 5.13 Å². The molecule has 1 aromatic heterocycles. The predicted molar refractivity (Wildman–Crippen MR) is 77.6 cm³/mol. The van der Waals surface area contributed by atoms with E-state index in [0.29, 0.717) is 21.4 Å². The van der Waals surface area contributed by atoms with E-state index in [1.165, 1.54) is 11.3 Å². The van der Waals surface area contributed by atoms with E-state index in [2.05, 4.69) is 10.3 Å². The standard InChI is InChI=1S/C13H11ClN2O3S/c1-7-2-3-8(4-10(7)14)12(19)16-13-15-9(6-20-13)5-11(17)18/h2-4,6H,5H2,1H3,(H,17,18)(H,15,16,19). The number of amides is 1. The van der Waals surface area contributed by atoms with Gasteiger partial charge in [-0.15, -0.1) is 11.3 Å². The summed E-state index contributed by atoms with van der Waals surface area (Å²) >= 11 is 7.15. The van der Waals surface area contributed by atoms with Crippen LogP contribution >= 0.6 is 22.9 Å². The first-order chi connectivity index (χ1) is 9.45. The Balaban J connectivity index is 2.09. The number of anilines is 1. The van der Waals surface area contributed by atoms with Gasteiger partial charge in [-0.3, -0.25) is 14.9 Å². The fourth-order valence-electron chi connectivity index (χ4n) is 1.50. The summed E-state index contributed by atoms with van der Waals surface area (Å²) in [5, 5.41) is 13.8. The monoisotopic (exact) mass is 310 g/mol. The summed E-state index contributed by atoms with van der Waals surface area (Å²) in [6, 6.07) is 5.01. The Morgan fingerprint density at radius 2 is 2.20 bits per heavy atom. The third-order valence-electron chi connectivity index (χ3n) is 2.54. The quantitative estimate of drug-likeness (QED) is 0.910. The number of hydrogen-bond acceptors (Lipinski definition) is 4. The number of aliphatic carboxylic acids is 1. The van der Waals surface area contributed by atoms with E-state index in [0.717, 1.165) is 5.56 Å². The van der Waals surface area contributed by atoms with Crippen LogP contribution in [0.2, 0.25) is 5.02 Å². The number of carboxylic acid groups (broad SMARTS) is 1. The number of thiazole rings is 1. The molecule has 5 nitrogen and oxygen atoms in total. The van der Waals surface area contributed by atoms with Gasteiger partial charge in [-0.05, 0) is 24.6 Å². The topological polar surface area (TPSA) is 79.3 Å². The van der Waals surface area contributed by atoms with E-state index in [9.17, 15) is 9.59 Å². The van der Waals surface area contributed by atoms with Gasteiger partial charge >= 0.3 is 5.97 Å². The molecule has 0 saturated heterocycles. The molecule has 104 valence electrons. The molecule has 0 radical (unpaired) electrons. The Morgan fingerprint density at radius 3 is 2.85 bits per heavy atom. The molecular formula is C13H11ClN2O3S. The lowest BCUT2D eigenvalue weighted by molar-refractivity contribution is -0.136. The molecule has 7 heteroatoms. The van der Waals surface area contributed by atoms with Crippen LogP contribution in [0.5, 0.6) is 0 Å². The van der Waals surface area contributed by atoms with Crippen molar-refractivity contribution in [1.29, 1.82) is 0 Å². The fourth-order valence-corrected chi connectivity index (χ4v) is 2.39. The lowest BCUT2D eigenvalue weighted by atomic mass is 10.1. The highest BCUT2D eigenvalue weighted by atomic mass is 35.5. The fraction of sp³-hybridized carbons (Fsp3) is 0.154. The van der Waals surface area contributed by atoms with Crippen LogP contribution in [0.1, 0.15) is 21.6 Å². The van der Waals surface area contributed by atoms with Crippen molar-refractivity contribution in [3.63, 3.8) is 0 Å². The third kappa shape index (κ3) is 3.55. The first kappa shape index (κ1) is 14.5.